The molecule has 2 aliphatic heterocycles. The van der Waals surface area contributed by atoms with Crippen LogP contribution in [0.15, 0.2) is 24.3 Å². The largest absolute Gasteiger partial charge is 0.368 e. The van der Waals surface area contributed by atoms with E-state index in [-0.39, 0.29) is 0 Å². The van der Waals surface area contributed by atoms with Crippen LogP contribution >= 0.6 is 0 Å². The molecule has 5 rings (SSSR count). The fourth-order valence-corrected chi connectivity index (χ4v) is 5.40. The molecule has 0 radical (unpaired) electrons. The maximum absolute atomic E-state index is 6.21. The molecule has 1 aliphatic carbocycles. The Morgan fingerprint density at radius 3 is 2.81 bits per heavy atom. The molecule has 5 nitrogen and oxygen atoms in total. The van der Waals surface area contributed by atoms with Crippen molar-refractivity contribution in [3.63, 3.8) is 0 Å². The van der Waals surface area contributed by atoms with Crippen molar-refractivity contribution in [2.24, 2.45) is 5.41 Å². The highest BCUT2D eigenvalue weighted by Gasteiger charge is 2.38. The van der Waals surface area contributed by atoms with Crippen molar-refractivity contribution in [2.75, 3.05) is 36.8 Å². The molecule has 1 aromatic carbocycles. The van der Waals surface area contributed by atoms with E-state index in [0.29, 0.717) is 11.4 Å². The van der Waals surface area contributed by atoms with Crippen molar-refractivity contribution in [2.45, 2.75) is 44.9 Å². The Hall–Kier alpha value is -2.14. The van der Waals surface area contributed by atoms with Crippen molar-refractivity contribution < 1.29 is 0 Å². The van der Waals surface area contributed by atoms with Gasteiger partial charge in [-0.05, 0) is 57.1 Å². The lowest BCUT2D eigenvalue weighted by molar-refractivity contribution is 0.172. The first-order valence-corrected chi connectivity index (χ1v) is 10.4. The van der Waals surface area contributed by atoms with E-state index < -0.39 is 0 Å². The molecule has 142 valence electrons. The molecule has 0 amide bonds. The molecule has 2 saturated heterocycles. The average molecular weight is 364 g/mol. The van der Waals surface area contributed by atoms with Crippen LogP contribution in [-0.4, -0.2) is 36.1 Å². The van der Waals surface area contributed by atoms with Crippen LogP contribution < -0.4 is 16.0 Å². The molecule has 5 heteroatoms. The lowest BCUT2D eigenvalue weighted by Crippen LogP contribution is -2.51. The standard InChI is InChI=1S/C22H29N5/c23-21-25-19-17-8-2-1-6-16(17)7-3-9-18(19)20(26-21)27-13-5-11-22(15-27)10-4-12-24-14-22/h1-2,6,8,24H,3-5,7,9-15H2,(H2,23,25,26). The van der Waals surface area contributed by atoms with E-state index in [0.717, 1.165) is 57.0 Å². The molecule has 0 saturated carbocycles. The second kappa shape index (κ2) is 6.79. The zero-order chi connectivity index (χ0) is 18.3. The summed E-state index contributed by atoms with van der Waals surface area (Å²) >= 11 is 0. The number of anilines is 2. The molecular weight excluding hydrogens is 334 g/mol. The highest BCUT2D eigenvalue weighted by atomic mass is 15.2. The predicted molar refractivity (Wildman–Crippen MR) is 110 cm³/mol. The summed E-state index contributed by atoms with van der Waals surface area (Å²) in [5.74, 6) is 1.50. The van der Waals surface area contributed by atoms with Gasteiger partial charge >= 0.3 is 0 Å². The number of nitrogen functional groups attached to an aromatic ring is 1. The molecule has 3 N–H and O–H groups in total. The smallest absolute Gasteiger partial charge is 0.222 e. The van der Waals surface area contributed by atoms with Crippen LogP contribution in [-0.2, 0) is 12.8 Å². The average Bonchev–Trinajstić information content (AvgIpc) is 2.88. The first kappa shape index (κ1) is 17.0. The van der Waals surface area contributed by atoms with E-state index >= 15 is 0 Å². The van der Waals surface area contributed by atoms with Gasteiger partial charge in [-0.15, -0.1) is 0 Å². The minimum Gasteiger partial charge on any atom is -0.368 e. The maximum Gasteiger partial charge on any atom is 0.222 e. The van der Waals surface area contributed by atoms with E-state index in [1.165, 1.54) is 42.4 Å². The molecular formula is C22H29N5. The van der Waals surface area contributed by atoms with Gasteiger partial charge in [-0.25, -0.2) is 4.98 Å². The quantitative estimate of drug-likeness (QED) is 0.814. The van der Waals surface area contributed by atoms with Crippen LogP contribution in [0.25, 0.3) is 11.3 Å². The summed E-state index contributed by atoms with van der Waals surface area (Å²) in [6.07, 6.45) is 8.43. The van der Waals surface area contributed by atoms with Crippen LogP contribution in [0.4, 0.5) is 11.8 Å². The molecule has 3 aliphatic rings. The third kappa shape index (κ3) is 3.08. The number of nitrogens with one attached hydrogen (secondary N) is 1. The monoisotopic (exact) mass is 363 g/mol. The summed E-state index contributed by atoms with van der Waals surface area (Å²) < 4.78 is 0. The zero-order valence-corrected chi connectivity index (χ0v) is 16.0. The summed E-state index contributed by atoms with van der Waals surface area (Å²) in [5, 5.41) is 3.63. The summed E-state index contributed by atoms with van der Waals surface area (Å²) in [7, 11) is 0. The third-order valence-electron chi connectivity index (χ3n) is 6.67. The lowest BCUT2D eigenvalue weighted by atomic mass is 9.74. The van der Waals surface area contributed by atoms with Crippen molar-refractivity contribution in [3.05, 3.63) is 35.4 Å². The second-order valence-electron chi connectivity index (χ2n) is 8.55. The van der Waals surface area contributed by atoms with Gasteiger partial charge in [0.1, 0.15) is 5.82 Å². The Morgan fingerprint density at radius 2 is 1.93 bits per heavy atom. The summed E-state index contributed by atoms with van der Waals surface area (Å²) in [6, 6.07) is 8.65. The van der Waals surface area contributed by atoms with Crippen molar-refractivity contribution in [3.8, 4) is 11.3 Å². The second-order valence-corrected chi connectivity index (χ2v) is 8.55. The zero-order valence-electron chi connectivity index (χ0n) is 16.0. The van der Waals surface area contributed by atoms with Gasteiger partial charge in [-0.1, -0.05) is 24.3 Å². The Kier molecular flexibility index (Phi) is 4.27. The highest BCUT2D eigenvalue weighted by Crippen LogP contribution is 2.41. The first-order valence-electron chi connectivity index (χ1n) is 10.4. The Morgan fingerprint density at radius 1 is 1.04 bits per heavy atom. The molecule has 27 heavy (non-hydrogen) atoms. The van der Waals surface area contributed by atoms with Crippen LogP contribution in [0.1, 0.15) is 43.2 Å². The minimum absolute atomic E-state index is 0.395. The summed E-state index contributed by atoms with van der Waals surface area (Å²) in [6.45, 7) is 4.46. The topological polar surface area (TPSA) is 67.1 Å². The van der Waals surface area contributed by atoms with E-state index in [9.17, 15) is 0 Å². The molecule has 2 fully saturated rings. The van der Waals surface area contributed by atoms with E-state index in [4.69, 9.17) is 15.7 Å². The van der Waals surface area contributed by atoms with Gasteiger partial charge in [0.2, 0.25) is 5.95 Å². The van der Waals surface area contributed by atoms with Gasteiger partial charge in [0.05, 0.1) is 5.69 Å². The van der Waals surface area contributed by atoms with Crippen molar-refractivity contribution in [1.82, 2.24) is 15.3 Å². The summed E-state index contributed by atoms with van der Waals surface area (Å²) in [5.41, 5.74) is 11.6. The van der Waals surface area contributed by atoms with Gasteiger partial charge < -0.3 is 16.0 Å². The molecule has 1 unspecified atom stereocenters. The number of aryl methyl sites for hydroxylation is 1. The number of hydrogen-bond acceptors (Lipinski definition) is 5. The van der Waals surface area contributed by atoms with Crippen LogP contribution in [0, 0.1) is 5.41 Å². The molecule has 0 bridgehead atoms. The van der Waals surface area contributed by atoms with E-state index in [2.05, 4.69) is 34.5 Å². The number of fused-ring (bicyclic) bond motifs is 3. The molecule has 1 spiro atoms. The van der Waals surface area contributed by atoms with E-state index in [1.54, 1.807) is 0 Å². The van der Waals surface area contributed by atoms with Crippen molar-refractivity contribution in [1.29, 1.82) is 0 Å². The number of hydrogen-bond donors (Lipinski definition) is 2. The number of aromatic nitrogens is 2. The van der Waals surface area contributed by atoms with Gasteiger partial charge in [-0.2, -0.15) is 4.98 Å². The normalized spacial score (nSPS) is 25.0. The highest BCUT2D eigenvalue weighted by molar-refractivity contribution is 5.74. The van der Waals surface area contributed by atoms with Gasteiger partial charge in [-0.3, -0.25) is 0 Å². The number of rotatable bonds is 1. The van der Waals surface area contributed by atoms with Crippen LogP contribution in [0.2, 0.25) is 0 Å². The number of nitrogens with two attached hydrogens (primary N) is 1. The lowest BCUT2D eigenvalue weighted by Gasteiger charge is -2.46. The molecule has 1 atom stereocenters. The van der Waals surface area contributed by atoms with Gasteiger partial charge in [0.15, 0.2) is 0 Å². The summed E-state index contributed by atoms with van der Waals surface area (Å²) in [4.78, 5) is 12.0. The van der Waals surface area contributed by atoms with Crippen LogP contribution in [0.5, 0.6) is 0 Å². The SMILES string of the molecule is Nc1nc2c(c(N3CCCC4(CCCNC4)C3)n1)CCCc1ccccc1-2. The minimum atomic E-state index is 0.395. The first-order chi connectivity index (χ1) is 13.2. The van der Waals surface area contributed by atoms with E-state index in [1.807, 2.05) is 0 Å². The molecule has 1 aromatic heterocycles. The van der Waals surface area contributed by atoms with Crippen molar-refractivity contribution >= 4 is 11.8 Å². The Balaban J connectivity index is 1.57. The number of piperidine rings is 2. The molecule has 3 heterocycles. The van der Waals surface area contributed by atoms with Gasteiger partial charge in [0.25, 0.3) is 0 Å². The van der Waals surface area contributed by atoms with Crippen LogP contribution in [0.3, 0.4) is 0 Å². The maximum atomic E-state index is 6.21. The Bertz CT molecular complexity index is 835. The third-order valence-corrected chi connectivity index (χ3v) is 6.67. The molecule has 2 aromatic rings. The predicted octanol–water partition coefficient (Wildman–Crippen LogP) is 3.18. The van der Waals surface area contributed by atoms with Gasteiger partial charge in [0, 0.05) is 36.2 Å². The number of benzene rings is 1. The Labute approximate surface area is 161 Å². The fraction of sp³-hybridized carbons (Fsp3) is 0.545. The fourth-order valence-electron chi connectivity index (χ4n) is 5.40. The number of nitrogens with zero attached hydrogens (tertiary/aromatic N) is 3.